The van der Waals surface area contributed by atoms with Crippen LogP contribution in [0.1, 0.15) is 11.1 Å². The van der Waals surface area contributed by atoms with E-state index < -0.39 is 33.9 Å². The van der Waals surface area contributed by atoms with Crippen molar-refractivity contribution in [2.75, 3.05) is 0 Å². The van der Waals surface area contributed by atoms with E-state index in [9.17, 15) is 13.2 Å². The summed E-state index contributed by atoms with van der Waals surface area (Å²) in [6.45, 7) is 0. The Balaban J connectivity index is 2.81. The average Bonchev–Trinajstić information content (AvgIpc) is 2.04. The molecular formula is C8H6BrF3Hg. The third kappa shape index (κ3) is 3.58. The van der Waals surface area contributed by atoms with Gasteiger partial charge in [0.25, 0.3) is 0 Å². The molecule has 0 atom stereocenters. The van der Waals surface area contributed by atoms with Crippen LogP contribution in [0.5, 0.6) is 0 Å². The summed E-state index contributed by atoms with van der Waals surface area (Å²) in [4.78, 5) is 0. The fraction of sp³-hybridized carbons (Fsp3) is 0.250. The van der Waals surface area contributed by atoms with E-state index in [4.69, 9.17) is 0 Å². The molecule has 0 N–H and O–H groups in total. The van der Waals surface area contributed by atoms with Gasteiger partial charge in [-0.3, -0.25) is 0 Å². The molecule has 13 heavy (non-hydrogen) atoms. The van der Waals surface area contributed by atoms with Crippen LogP contribution >= 0.6 is 11.9 Å². The molecule has 0 bridgehead atoms. The van der Waals surface area contributed by atoms with Crippen LogP contribution in [0.25, 0.3) is 0 Å². The third-order valence-electron chi connectivity index (χ3n) is 1.66. The Morgan fingerprint density at radius 2 is 1.69 bits per heavy atom. The Morgan fingerprint density at radius 3 is 2.08 bits per heavy atom. The van der Waals surface area contributed by atoms with Gasteiger partial charge >= 0.3 is 92.7 Å². The van der Waals surface area contributed by atoms with Crippen LogP contribution in [0.4, 0.5) is 13.2 Å². The number of alkyl halides is 3. The molecule has 1 aromatic carbocycles. The van der Waals surface area contributed by atoms with Gasteiger partial charge < -0.3 is 0 Å². The summed E-state index contributed by atoms with van der Waals surface area (Å²) in [6, 6.07) is 5.41. The van der Waals surface area contributed by atoms with E-state index in [2.05, 4.69) is 11.9 Å². The molecule has 0 aliphatic heterocycles. The second-order valence-corrected chi connectivity index (χ2v) is 13.0. The maximum absolute atomic E-state index is 12.1. The van der Waals surface area contributed by atoms with Crippen molar-refractivity contribution < 1.29 is 35.3 Å². The summed E-state index contributed by atoms with van der Waals surface area (Å²) in [5.41, 5.74) is 0.439. The summed E-state index contributed by atoms with van der Waals surface area (Å²) in [6.07, 6.45) is -4.21. The van der Waals surface area contributed by atoms with Gasteiger partial charge in [0.1, 0.15) is 0 Å². The van der Waals surface area contributed by atoms with Crippen LogP contribution in [-0.4, -0.2) is 0 Å². The summed E-state index contributed by atoms with van der Waals surface area (Å²) >= 11 is 2.51. The summed E-state index contributed by atoms with van der Waals surface area (Å²) in [5, 5.41) is 0. The molecule has 0 aliphatic carbocycles. The number of halogens is 4. The normalized spacial score (nSPS) is 11.1. The first-order valence-electron chi connectivity index (χ1n) is 3.76. The van der Waals surface area contributed by atoms with Crippen molar-refractivity contribution >= 4 is 11.9 Å². The van der Waals surface area contributed by atoms with Crippen molar-refractivity contribution in [2.45, 2.75) is 10.1 Å². The number of rotatable bonds is 2. The van der Waals surface area contributed by atoms with Gasteiger partial charge in [0.15, 0.2) is 0 Å². The van der Waals surface area contributed by atoms with Crippen LogP contribution in [0.3, 0.4) is 0 Å². The van der Waals surface area contributed by atoms with Gasteiger partial charge in [-0.05, 0) is 0 Å². The Hall–Kier alpha value is 0.425. The number of hydrogen-bond donors (Lipinski definition) is 0. The Bertz CT molecular complexity index is 268. The molecule has 0 amide bonds. The zero-order chi connectivity index (χ0) is 9.90. The van der Waals surface area contributed by atoms with Crippen molar-refractivity contribution in [1.29, 1.82) is 0 Å². The molecule has 1 aromatic rings. The van der Waals surface area contributed by atoms with Crippen LogP contribution in [0.2, 0.25) is 0 Å². The van der Waals surface area contributed by atoms with Crippen molar-refractivity contribution in [3.05, 3.63) is 35.4 Å². The van der Waals surface area contributed by atoms with Gasteiger partial charge in [-0.2, -0.15) is 0 Å². The SMILES string of the molecule is FC(F)(F)c1ccc([CH2][Hg][Br])cc1. The maximum atomic E-state index is 12.1. The summed E-state index contributed by atoms with van der Waals surface area (Å²) < 4.78 is 37.3. The standard InChI is InChI=1S/C8H6F3.BrH.Hg/c1-6-2-4-7(5-3-6)8(9,10)11;;/h2-5H,1H2;1H;/q;;+1/p-1. The molecule has 0 saturated heterocycles. The van der Waals surface area contributed by atoms with Gasteiger partial charge in [0, 0.05) is 0 Å². The van der Waals surface area contributed by atoms with E-state index in [1.807, 2.05) is 0 Å². The summed E-state index contributed by atoms with van der Waals surface area (Å²) in [5.74, 6) is 0. The van der Waals surface area contributed by atoms with E-state index >= 15 is 0 Å². The van der Waals surface area contributed by atoms with Crippen molar-refractivity contribution in [2.24, 2.45) is 0 Å². The first kappa shape index (κ1) is 11.5. The van der Waals surface area contributed by atoms with Crippen molar-refractivity contribution in [1.82, 2.24) is 0 Å². The molecule has 0 nitrogen and oxygen atoms in total. The minimum atomic E-state index is -4.21. The van der Waals surface area contributed by atoms with Crippen molar-refractivity contribution in [3.8, 4) is 0 Å². The van der Waals surface area contributed by atoms with E-state index in [1.54, 1.807) is 12.1 Å². The molecule has 0 saturated carbocycles. The number of benzene rings is 1. The molecule has 68 valence electrons. The first-order chi connectivity index (χ1) is 6.04. The fourth-order valence-corrected chi connectivity index (χ4v) is 7.13. The first-order valence-corrected chi connectivity index (χ1v) is 19.6. The van der Waals surface area contributed by atoms with Crippen LogP contribution in [-0.2, 0) is 32.3 Å². The summed E-state index contributed by atoms with van der Waals surface area (Å²) in [7, 11) is 0. The Kier molecular flexibility index (Phi) is 4.23. The van der Waals surface area contributed by atoms with E-state index in [-0.39, 0.29) is 0 Å². The molecule has 5 heteroatoms. The van der Waals surface area contributed by atoms with Gasteiger partial charge in [0.05, 0.1) is 0 Å². The molecule has 0 aliphatic rings. The second kappa shape index (κ2) is 4.78. The van der Waals surface area contributed by atoms with Gasteiger partial charge in [-0.1, -0.05) is 0 Å². The Morgan fingerprint density at radius 1 is 1.15 bits per heavy atom. The molecule has 0 heterocycles. The predicted molar refractivity (Wildman–Crippen MR) is 44.1 cm³/mol. The number of hydrogen-bond acceptors (Lipinski definition) is 0. The monoisotopic (exact) mass is 440 g/mol. The molecule has 0 unspecified atom stereocenters. The zero-order valence-electron chi connectivity index (χ0n) is 6.74. The third-order valence-corrected chi connectivity index (χ3v) is 8.12. The molecule has 0 fully saturated rings. The van der Waals surface area contributed by atoms with Gasteiger partial charge in [-0.15, -0.1) is 0 Å². The second-order valence-electron chi connectivity index (χ2n) is 2.63. The molecular weight excluding hydrogens is 434 g/mol. The molecule has 0 spiro atoms. The molecule has 0 aromatic heterocycles. The Labute approximate surface area is 92.2 Å². The van der Waals surface area contributed by atoms with E-state index in [0.29, 0.717) is 0 Å². The van der Waals surface area contributed by atoms with E-state index in [1.165, 1.54) is 0 Å². The van der Waals surface area contributed by atoms with Gasteiger partial charge in [-0.25, -0.2) is 0 Å². The van der Waals surface area contributed by atoms with Crippen LogP contribution in [0, 0.1) is 0 Å². The zero-order valence-corrected chi connectivity index (χ0v) is 13.8. The average molecular weight is 440 g/mol. The molecule has 0 radical (unpaired) electrons. The van der Waals surface area contributed by atoms with Crippen molar-refractivity contribution in [3.63, 3.8) is 0 Å². The minimum absolute atomic E-state index is 0.567. The van der Waals surface area contributed by atoms with E-state index in [0.717, 1.165) is 21.6 Å². The molecule has 1 rings (SSSR count). The van der Waals surface area contributed by atoms with Crippen LogP contribution in [0.15, 0.2) is 24.3 Å². The fourth-order valence-electron chi connectivity index (χ4n) is 0.970. The van der Waals surface area contributed by atoms with Gasteiger partial charge in [0.2, 0.25) is 0 Å². The van der Waals surface area contributed by atoms with Crippen LogP contribution < -0.4 is 0 Å². The predicted octanol–water partition coefficient (Wildman–Crippen LogP) is 3.60. The quantitative estimate of drug-likeness (QED) is 0.618. The topological polar surface area (TPSA) is 0 Å².